The lowest BCUT2D eigenvalue weighted by Crippen LogP contribution is -2.35. The molecule has 0 saturated carbocycles. The molecule has 0 bridgehead atoms. The van der Waals surface area contributed by atoms with Gasteiger partial charge in [-0.1, -0.05) is 30.3 Å². The first-order valence-electron chi connectivity index (χ1n) is 6.18. The Kier molecular flexibility index (Phi) is 4.84. The van der Waals surface area contributed by atoms with Gasteiger partial charge in [0.15, 0.2) is 16.7 Å². The van der Waals surface area contributed by atoms with Crippen LogP contribution in [0.1, 0.15) is 5.56 Å². The Hall–Kier alpha value is -2.47. The van der Waals surface area contributed by atoms with Crippen LogP contribution < -0.4 is 10.6 Å². The number of nitrogens with one attached hydrogen (secondary N) is 2. The molecule has 2 rings (SSSR count). The second-order valence-corrected chi connectivity index (χ2v) is 4.74. The van der Waals surface area contributed by atoms with Crippen molar-refractivity contribution in [3.8, 4) is 5.75 Å². The number of hydrogen-bond acceptors (Lipinski definition) is 3. The van der Waals surface area contributed by atoms with E-state index in [2.05, 4.69) is 10.6 Å². The van der Waals surface area contributed by atoms with Gasteiger partial charge in [-0.15, -0.1) is 0 Å². The van der Waals surface area contributed by atoms with Gasteiger partial charge in [-0.05, 0) is 29.9 Å². The van der Waals surface area contributed by atoms with Gasteiger partial charge in [0.05, 0.1) is 6.42 Å². The summed E-state index contributed by atoms with van der Waals surface area (Å²) in [7, 11) is 0. The molecule has 0 heterocycles. The summed E-state index contributed by atoms with van der Waals surface area (Å²) >= 11 is 4.98. The fourth-order valence-electron chi connectivity index (χ4n) is 1.70. The molecule has 0 spiro atoms. The van der Waals surface area contributed by atoms with Gasteiger partial charge in [-0.25, -0.2) is 4.39 Å². The maximum absolute atomic E-state index is 13.2. The predicted octanol–water partition coefficient (Wildman–Crippen LogP) is 2.59. The van der Waals surface area contributed by atoms with Crippen LogP contribution in [0.25, 0.3) is 0 Å². The predicted molar refractivity (Wildman–Crippen MR) is 82.6 cm³/mol. The number of benzene rings is 2. The molecular weight excluding hydrogens is 291 g/mol. The van der Waals surface area contributed by atoms with E-state index in [1.165, 1.54) is 12.1 Å². The third kappa shape index (κ3) is 4.54. The Bertz CT molecular complexity index is 662. The van der Waals surface area contributed by atoms with E-state index in [4.69, 9.17) is 17.3 Å². The van der Waals surface area contributed by atoms with Crippen molar-refractivity contribution in [2.75, 3.05) is 5.32 Å². The molecular formula is C15H13FN2O2S. The molecule has 0 aromatic heterocycles. The number of hydrogen-bond donors (Lipinski definition) is 3. The lowest BCUT2D eigenvalue weighted by atomic mass is 10.1. The molecule has 6 heteroatoms. The van der Waals surface area contributed by atoms with E-state index in [-0.39, 0.29) is 17.4 Å². The van der Waals surface area contributed by atoms with Crippen LogP contribution in [0.2, 0.25) is 0 Å². The molecule has 0 saturated heterocycles. The summed E-state index contributed by atoms with van der Waals surface area (Å²) in [6.07, 6.45) is 0.201. The Labute approximate surface area is 126 Å². The van der Waals surface area contributed by atoms with E-state index in [0.717, 1.165) is 11.6 Å². The van der Waals surface area contributed by atoms with Crippen LogP contribution in [0.15, 0.2) is 48.5 Å². The zero-order valence-electron chi connectivity index (χ0n) is 11.0. The fourth-order valence-corrected chi connectivity index (χ4v) is 1.93. The van der Waals surface area contributed by atoms with Gasteiger partial charge < -0.3 is 15.7 Å². The van der Waals surface area contributed by atoms with Gasteiger partial charge in [0.2, 0.25) is 5.91 Å². The van der Waals surface area contributed by atoms with E-state index >= 15 is 0 Å². The number of halogens is 1. The largest absolute Gasteiger partial charge is 0.505 e. The molecule has 4 nitrogen and oxygen atoms in total. The number of rotatable bonds is 3. The fraction of sp³-hybridized carbons (Fsp3) is 0.0667. The minimum Gasteiger partial charge on any atom is -0.505 e. The van der Waals surface area contributed by atoms with Gasteiger partial charge in [-0.2, -0.15) is 0 Å². The first-order chi connectivity index (χ1) is 10.0. The summed E-state index contributed by atoms with van der Waals surface area (Å²) in [5.41, 5.74) is 1.21. The molecule has 0 aliphatic carbocycles. The molecule has 1 amide bonds. The zero-order chi connectivity index (χ0) is 15.2. The first-order valence-corrected chi connectivity index (χ1v) is 6.58. The number of anilines is 1. The van der Waals surface area contributed by atoms with E-state index in [1.807, 2.05) is 30.3 Å². The van der Waals surface area contributed by atoms with Gasteiger partial charge in [-0.3, -0.25) is 4.79 Å². The number of carbonyl (C=O) groups excluding carboxylic acids is 1. The van der Waals surface area contributed by atoms with Crippen LogP contribution in [0.4, 0.5) is 10.1 Å². The molecule has 0 aliphatic rings. The van der Waals surface area contributed by atoms with E-state index in [9.17, 15) is 9.18 Å². The van der Waals surface area contributed by atoms with Gasteiger partial charge in [0.25, 0.3) is 0 Å². The van der Waals surface area contributed by atoms with Gasteiger partial charge in [0, 0.05) is 11.8 Å². The average molecular weight is 304 g/mol. The van der Waals surface area contributed by atoms with Crippen molar-refractivity contribution >= 4 is 28.9 Å². The highest BCUT2D eigenvalue weighted by atomic mass is 32.1. The maximum Gasteiger partial charge on any atom is 0.230 e. The van der Waals surface area contributed by atoms with Crippen molar-refractivity contribution in [2.45, 2.75) is 6.42 Å². The highest BCUT2D eigenvalue weighted by molar-refractivity contribution is 7.80. The summed E-state index contributed by atoms with van der Waals surface area (Å²) in [6, 6.07) is 13.0. The highest BCUT2D eigenvalue weighted by Gasteiger charge is 2.07. The van der Waals surface area contributed by atoms with Crippen LogP contribution in [0.3, 0.4) is 0 Å². The second kappa shape index (κ2) is 6.81. The smallest absolute Gasteiger partial charge is 0.230 e. The zero-order valence-corrected chi connectivity index (χ0v) is 11.8. The van der Waals surface area contributed by atoms with Gasteiger partial charge in [0.1, 0.15) is 0 Å². The number of carbonyl (C=O) groups is 1. The number of phenolic OH excluding ortho intramolecular Hbond substituents is 1. The van der Waals surface area contributed by atoms with Crippen molar-refractivity contribution in [2.24, 2.45) is 0 Å². The second-order valence-electron chi connectivity index (χ2n) is 4.33. The van der Waals surface area contributed by atoms with Crippen molar-refractivity contribution < 1.29 is 14.3 Å². The SMILES string of the molecule is O=C(Cc1ccccc1)NC(=S)Nc1ccc(O)c(F)c1. The van der Waals surface area contributed by atoms with Crippen molar-refractivity contribution in [1.82, 2.24) is 5.32 Å². The molecule has 0 unspecified atom stereocenters. The summed E-state index contributed by atoms with van der Waals surface area (Å²) in [4.78, 5) is 11.8. The normalized spacial score (nSPS) is 9.95. The van der Waals surface area contributed by atoms with Crippen LogP contribution >= 0.6 is 12.2 Å². The minimum absolute atomic E-state index is 0.0704. The van der Waals surface area contributed by atoms with Crippen LogP contribution in [0, 0.1) is 5.82 Å². The summed E-state index contributed by atoms with van der Waals surface area (Å²) < 4.78 is 13.2. The molecule has 0 radical (unpaired) electrons. The standard InChI is InChI=1S/C15H13FN2O2S/c16-12-9-11(6-7-13(12)19)17-15(21)18-14(20)8-10-4-2-1-3-5-10/h1-7,9,19H,8H2,(H2,17,18,20,21). The first kappa shape index (κ1) is 14.9. The Balaban J connectivity index is 1.89. The molecule has 2 aromatic carbocycles. The number of aromatic hydroxyl groups is 1. The Morgan fingerprint density at radius 3 is 2.57 bits per heavy atom. The van der Waals surface area contributed by atoms with Crippen LogP contribution in [-0.2, 0) is 11.2 Å². The number of amides is 1. The molecule has 0 atom stereocenters. The lowest BCUT2D eigenvalue weighted by molar-refractivity contribution is -0.119. The Morgan fingerprint density at radius 2 is 1.90 bits per heavy atom. The third-order valence-electron chi connectivity index (χ3n) is 2.67. The molecule has 0 fully saturated rings. The molecule has 2 aromatic rings. The maximum atomic E-state index is 13.2. The van der Waals surface area contributed by atoms with Crippen LogP contribution in [-0.4, -0.2) is 16.1 Å². The summed E-state index contributed by atoms with van der Waals surface area (Å²) in [6.45, 7) is 0. The topological polar surface area (TPSA) is 61.4 Å². The van der Waals surface area contributed by atoms with Crippen LogP contribution in [0.5, 0.6) is 5.75 Å². The molecule has 108 valence electrons. The highest BCUT2D eigenvalue weighted by Crippen LogP contribution is 2.19. The third-order valence-corrected chi connectivity index (χ3v) is 2.87. The minimum atomic E-state index is -0.765. The van der Waals surface area contributed by atoms with Crippen molar-refractivity contribution in [3.05, 3.63) is 59.9 Å². The lowest BCUT2D eigenvalue weighted by Gasteiger charge is -2.10. The van der Waals surface area contributed by atoms with Gasteiger partial charge >= 0.3 is 0 Å². The van der Waals surface area contributed by atoms with Crippen molar-refractivity contribution in [1.29, 1.82) is 0 Å². The average Bonchev–Trinajstić information content (AvgIpc) is 2.43. The monoisotopic (exact) mass is 304 g/mol. The van der Waals surface area contributed by atoms with E-state index in [1.54, 1.807) is 0 Å². The number of thiocarbonyl (C=S) groups is 1. The number of phenols is 1. The van der Waals surface area contributed by atoms with E-state index < -0.39 is 11.6 Å². The quantitative estimate of drug-likeness (QED) is 0.602. The van der Waals surface area contributed by atoms with E-state index in [0.29, 0.717) is 5.69 Å². The molecule has 0 aliphatic heterocycles. The Morgan fingerprint density at radius 1 is 1.19 bits per heavy atom. The molecule has 3 N–H and O–H groups in total. The summed E-state index contributed by atoms with van der Waals surface area (Å²) in [5.74, 6) is -1.48. The summed E-state index contributed by atoms with van der Waals surface area (Å²) in [5, 5.41) is 14.3. The van der Waals surface area contributed by atoms with Crippen molar-refractivity contribution in [3.63, 3.8) is 0 Å². The molecule has 21 heavy (non-hydrogen) atoms.